The van der Waals surface area contributed by atoms with Crippen LogP contribution in [0.4, 0.5) is 0 Å². The summed E-state index contributed by atoms with van der Waals surface area (Å²) in [6, 6.07) is 0. The van der Waals surface area contributed by atoms with Crippen LogP contribution < -0.4 is 5.73 Å². The maximum Gasteiger partial charge on any atom is 0.166 e. The summed E-state index contributed by atoms with van der Waals surface area (Å²) < 4.78 is 12.0. The van der Waals surface area contributed by atoms with Crippen molar-refractivity contribution in [2.45, 2.75) is 91.8 Å². The molecule has 1 fully saturated rings. The molecule has 0 aliphatic heterocycles. The fourth-order valence-corrected chi connectivity index (χ4v) is 4.19. The van der Waals surface area contributed by atoms with Crippen LogP contribution in [-0.2, 0) is 14.3 Å². The van der Waals surface area contributed by atoms with Crippen molar-refractivity contribution >= 4 is 5.78 Å². The van der Waals surface area contributed by atoms with E-state index in [-0.39, 0.29) is 17.3 Å². The molecule has 2 N–H and O–H groups in total. The Labute approximate surface area is 155 Å². The minimum Gasteiger partial charge on any atom is -0.380 e. The quantitative estimate of drug-likeness (QED) is 0.592. The molecule has 0 bridgehead atoms. The van der Waals surface area contributed by atoms with E-state index in [1.165, 1.54) is 19.3 Å². The van der Waals surface area contributed by atoms with Crippen LogP contribution >= 0.6 is 0 Å². The van der Waals surface area contributed by atoms with Gasteiger partial charge in [-0.3, -0.25) is 4.79 Å². The lowest BCUT2D eigenvalue weighted by Gasteiger charge is -2.42. The summed E-state index contributed by atoms with van der Waals surface area (Å²) in [6.07, 6.45) is 6.04. The first kappa shape index (κ1) is 22.6. The van der Waals surface area contributed by atoms with Crippen molar-refractivity contribution in [1.29, 1.82) is 0 Å². The monoisotopic (exact) mass is 355 g/mol. The Morgan fingerprint density at radius 2 is 1.84 bits per heavy atom. The third kappa shape index (κ3) is 7.76. The second-order valence-corrected chi connectivity index (χ2v) is 9.26. The molecule has 0 heterocycles. The fraction of sp³-hybridized carbons (Fsp3) is 0.952. The van der Waals surface area contributed by atoms with Crippen molar-refractivity contribution in [3.63, 3.8) is 0 Å². The van der Waals surface area contributed by atoms with E-state index in [1.54, 1.807) is 0 Å². The van der Waals surface area contributed by atoms with Crippen molar-refractivity contribution in [2.24, 2.45) is 23.0 Å². The first-order valence-corrected chi connectivity index (χ1v) is 10.1. The number of hydrogen-bond donors (Lipinski definition) is 1. The van der Waals surface area contributed by atoms with Crippen LogP contribution in [0.3, 0.4) is 0 Å². The molecule has 1 aliphatic carbocycles. The molecule has 3 unspecified atom stereocenters. The van der Waals surface area contributed by atoms with Gasteiger partial charge in [-0.25, -0.2) is 0 Å². The van der Waals surface area contributed by atoms with Crippen LogP contribution in [-0.4, -0.2) is 37.2 Å². The van der Waals surface area contributed by atoms with Gasteiger partial charge >= 0.3 is 0 Å². The molecule has 1 saturated carbocycles. The molecular weight excluding hydrogens is 314 g/mol. The van der Waals surface area contributed by atoms with Crippen molar-refractivity contribution in [2.75, 3.05) is 19.8 Å². The Morgan fingerprint density at radius 3 is 2.36 bits per heavy atom. The molecule has 0 saturated heterocycles. The molecule has 1 aliphatic rings. The summed E-state index contributed by atoms with van der Waals surface area (Å²) in [5.74, 6) is 1.48. The van der Waals surface area contributed by atoms with Gasteiger partial charge in [0.25, 0.3) is 0 Å². The number of hydrogen-bond acceptors (Lipinski definition) is 4. The van der Waals surface area contributed by atoms with Crippen molar-refractivity contribution in [3.8, 4) is 0 Å². The van der Waals surface area contributed by atoms with Crippen LogP contribution in [0, 0.1) is 17.3 Å². The Balaban J connectivity index is 2.76. The summed E-state index contributed by atoms with van der Waals surface area (Å²) in [5, 5.41) is 0. The lowest BCUT2D eigenvalue weighted by Crippen LogP contribution is -2.47. The van der Waals surface area contributed by atoms with E-state index in [0.717, 1.165) is 18.8 Å². The molecule has 25 heavy (non-hydrogen) atoms. The number of nitrogens with two attached hydrogens (primary N) is 1. The molecule has 0 aromatic heterocycles. The molecule has 148 valence electrons. The number of ketones is 1. The second-order valence-electron chi connectivity index (χ2n) is 9.26. The van der Waals surface area contributed by atoms with Crippen molar-refractivity contribution < 1.29 is 14.3 Å². The van der Waals surface area contributed by atoms with E-state index in [1.807, 2.05) is 6.92 Å². The lowest BCUT2D eigenvalue weighted by molar-refractivity contribution is -0.166. The van der Waals surface area contributed by atoms with E-state index in [4.69, 9.17) is 15.2 Å². The first-order valence-electron chi connectivity index (χ1n) is 10.1. The highest BCUT2D eigenvalue weighted by Crippen LogP contribution is 2.38. The highest BCUT2D eigenvalue weighted by molar-refractivity contribution is 5.87. The Bertz CT molecular complexity index is 404. The molecule has 0 aromatic rings. The van der Waals surface area contributed by atoms with Crippen molar-refractivity contribution in [3.05, 3.63) is 0 Å². The topological polar surface area (TPSA) is 61.5 Å². The number of carbonyl (C=O) groups is 1. The number of ether oxygens (including phenoxy) is 2. The Morgan fingerprint density at radius 1 is 1.16 bits per heavy atom. The molecule has 0 amide bonds. The highest BCUT2D eigenvalue weighted by atomic mass is 16.5. The minimum absolute atomic E-state index is 0.0341. The van der Waals surface area contributed by atoms with Crippen LogP contribution in [0.25, 0.3) is 0 Å². The van der Waals surface area contributed by atoms with Gasteiger partial charge < -0.3 is 15.2 Å². The molecule has 0 spiro atoms. The van der Waals surface area contributed by atoms with Crippen molar-refractivity contribution in [1.82, 2.24) is 0 Å². The predicted octanol–water partition coefficient (Wildman–Crippen LogP) is 4.35. The maximum absolute atomic E-state index is 13.0. The molecular formula is C21H41NO3. The SMILES string of the molecule is CCC1CCC(O[C@](C)(CC(C)(C)C)C(=O)CCOCCN)C(C)C1. The van der Waals surface area contributed by atoms with Gasteiger partial charge in [-0.15, -0.1) is 0 Å². The first-order chi connectivity index (χ1) is 11.6. The van der Waals surface area contributed by atoms with Gasteiger partial charge in [-0.1, -0.05) is 41.0 Å². The molecule has 4 atom stereocenters. The molecule has 0 radical (unpaired) electrons. The average Bonchev–Trinajstić information content (AvgIpc) is 2.51. The summed E-state index contributed by atoms with van der Waals surface area (Å²) >= 11 is 0. The maximum atomic E-state index is 13.0. The summed E-state index contributed by atoms with van der Waals surface area (Å²) in [6.45, 7) is 14.5. The molecule has 4 nitrogen and oxygen atoms in total. The summed E-state index contributed by atoms with van der Waals surface area (Å²) in [4.78, 5) is 13.0. The predicted molar refractivity (Wildman–Crippen MR) is 104 cm³/mol. The van der Waals surface area contributed by atoms with E-state index < -0.39 is 5.60 Å². The zero-order chi connectivity index (χ0) is 19.1. The van der Waals surface area contributed by atoms with Gasteiger partial charge in [0, 0.05) is 13.0 Å². The fourth-order valence-electron chi connectivity index (χ4n) is 4.19. The largest absolute Gasteiger partial charge is 0.380 e. The van der Waals surface area contributed by atoms with Crippen LogP contribution in [0.15, 0.2) is 0 Å². The van der Waals surface area contributed by atoms with E-state index in [2.05, 4.69) is 34.6 Å². The second kappa shape index (κ2) is 10.0. The van der Waals surface area contributed by atoms with Gasteiger partial charge in [-0.2, -0.15) is 0 Å². The van der Waals surface area contributed by atoms with E-state index in [9.17, 15) is 4.79 Å². The van der Waals surface area contributed by atoms with E-state index in [0.29, 0.717) is 32.1 Å². The molecule has 4 heteroatoms. The Hall–Kier alpha value is -0.450. The average molecular weight is 356 g/mol. The van der Waals surface area contributed by atoms with E-state index >= 15 is 0 Å². The lowest BCUT2D eigenvalue weighted by atomic mass is 9.77. The van der Waals surface area contributed by atoms with Gasteiger partial charge in [0.15, 0.2) is 5.78 Å². The van der Waals surface area contributed by atoms with Gasteiger partial charge in [0.2, 0.25) is 0 Å². The third-order valence-corrected chi connectivity index (χ3v) is 5.38. The smallest absolute Gasteiger partial charge is 0.166 e. The zero-order valence-corrected chi connectivity index (χ0v) is 17.4. The third-order valence-electron chi connectivity index (χ3n) is 5.38. The van der Waals surface area contributed by atoms with Gasteiger partial charge in [0.1, 0.15) is 5.60 Å². The normalized spacial score (nSPS) is 27.1. The molecule has 1 rings (SSSR count). The molecule has 0 aromatic carbocycles. The minimum atomic E-state index is -0.734. The zero-order valence-electron chi connectivity index (χ0n) is 17.4. The van der Waals surface area contributed by atoms with Gasteiger partial charge in [0.05, 0.1) is 19.3 Å². The number of rotatable bonds is 10. The standard InChI is InChI=1S/C21H41NO3/c1-7-17-8-9-18(16(2)14-17)25-21(6,15-20(3,4)5)19(23)10-12-24-13-11-22/h16-18H,7-15,22H2,1-6H3/t16?,17?,18?,21-/m1/s1. The highest BCUT2D eigenvalue weighted by Gasteiger charge is 2.41. The number of Topliss-reactive ketones (excluding diaryl/α,β-unsaturated/α-hetero) is 1. The van der Waals surface area contributed by atoms with Gasteiger partial charge in [-0.05, 0) is 49.9 Å². The number of carbonyl (C=O) groups excluding carboxylic acids is 1. The Kier molecular flexibility index (Phi) is 9.07. The summed E-state index contributed by atoms with van der Waals surface area (Å²) in [7, 11) is 0. The van der Waals surface area contributed by atoms with Crippen LogP contribution in [0.1, 0.15) is 80.1 Å². The van der Waals surface area contributed by atoms with Crippen LogP contribution in [0.2, 0.25) is 0 Å². The van der Waals surface area contributed by atoms with Crippen LogP contribution in [0.5, 0.6) is 0 Å². The summed E-state index contributed by atoms with van der Waals surface area (Å²) in [5.41, 5.74) is 4.74.